The van der Waals surface area contributed by atoms with Crippen molar-refractivity contribution in [3.05, 3.63) is 37.1 Å². The Morgan fingerprint density at radius 2 is 2.15 bits per heavy atom. The summed E-state index contributed by atoms with van der Waals surface area (Å²) in [7, 11) is 0. The average molecular weight is 269 g/mol. The molecule has 2 aliphatic rings. The first-order valence-corrected chi connectivity index (χ1v) is 7.33. The summed E-state index contributed by atoms with van der Waals surface area (Å²) in [6, 6.07) is 5.57. The van der Waals surface area contributed by atoms with Crippen LogP contribution in [0.5, 0.6) is 0 Å². The number of rotatable bonds is 4. The predicted octanol–water partition coefficient (Wildman–Crippen LogP) is 1.92. The minimum Gasteiger partial charge on any atom is -0.380 e. The summed E-state index contributed by atoms with van der Waals surface area (Å²) in [5.41, 5.74) is 1.11. The molecule has 2 aromatic rings. The van der Waals surface area contributed by atoms with Gasteiger partial charge in [-0.15, -0.1) is 0 Å². The van der Waals surface area contributed by atoms with Crippen molar-refractivity contribution in [1.82, 2.24) is 19.4 Å². The van der Waals surface area contributed by atoms with E-state index in [1.807, 2.05) is 23.0 Å². The molecule has 1 unspecified atom stereocenters. The topological polar surface area (TPSA) is 46.0 Å². The first kappa shape index (κ1) is 11.9. The van der Waals surface area contributed by atoms with Crippen molar-refractivity contribution in [2.24, 2.45) is 0 Å². The molecule has 0 amide bonds. The molecule has 0 aromatic carbocycles. The number of aromatic nitrogens is 3. The largest absolute Gasteiger partial charge is 0.380 e. The second kappa shape index (κ2) is 4.90. The van der Waals surface area contributed by atoms with Crippen LogP contribution in [0.1, 0.15) is 19.3 Å². The van der Waals surface area contributed by atoms with Crippen LogP contribution in [0.4, 0.5) is 5.69 Å². The van der Waals surface area contributed by atoms with Gasteiger partial charge in [0.1, 0.15) is 12.1 Å². The molecular formula is C15H19N5. The van der Waals surface area contributed by atoms with Gasteiger partial charge in [-0.1, -0.05) is 0 Å². The fourth-order valence-electron chi connectivity index (χ4n) is 2.93. The molecule has 3 heterocycles. The first-order valence-electron chi connectivity index (χ1n) is 7.33. The van der Waals surface area contributed by atoms with E-state index < -0.39 is 0 Å². The van der Waals surface area contributed by atoms with E-state index in [4.69, 9.17) is 0 Å². The highest BCUT2D eigenvalue weighted by atomic mass is 15.2. The average Bonchev–Trinajstić information content (AvgIpc) is 3.00. The van der Waals surface area contributed by atoms with Crippen molar-refractivity contribution in [2.75, 3.05) is 18.4 Å². The number of anilines is 1. The van der Waals surface area contributed by atoms with E-state index >= 15 is 0 Å². The third-order valence-electron chi connectivity index (χ3n) is 4.17. The third kappa shape index (κ3) is 2.41. The third-order valence-corrected chi connectivity index (χ3v) is 4.17. The Bertz CT molecular complexity index is 558. The number of pyridine rings is 1. The van der Waals surface area contributed by atoms with E-state index in [-0.39, 0.29) is 0 Å². The SMILES string of the molecule is c1cn(-c2ccc(NC3CCN(C4CC4)C3)cn2)cn1. The molecule has 20 heavy (non-hydrogen) atoms. The van der Waals surface area contributed by atoms with Gasteiger partial charge in [0.15, 0.2) is 0 Å². The van der Waals surface area contributed by atoms with Crippen LogP contribution in [-0.4, -0.2) is 44.6 Å². The lowest BCUT2D eigenvalue weighted by atomic mass is 10.2. The predicted molar refractivity (Wildman–Crippen MR) is 78.0 cm³/mol. The molecule has 1 N–H and O–H groups in total. The Labute approximate surface area is 118 Å². The van der Waals surface area contributed by atoms with Crippen molar-refractivity contribution in [3.63, 3.8) is 0 Å². The summed E-state index contributed by atoms with van der Waals surface area (Å²) in [6.07, 6.45) is 11.4. The van der Waals surface area contributed by atoms with Crippen molar-refractivity contribution >= 4 is 5.69 Å². The van der Waals surface area contributed by atoms with E-state index in [2.05, 4.69) is 26.3 Å². The minimum atomic E-state index is 0.566. The van der Waals surface area contributed by atoms with Crippen LogP contribution in [0.25, 0.3) is 5.82 Å². The molecule has 1 saturated heterocycles. The van der Waals surface area contributed by atoms with Crippen molar-refractivity contribution in [2.45, 2.75) is 31.3 Å². The number of hydrogen-bond acceptors (Lipinski definition) is 4. The highest BCUT2D eigenvalue weighted by Crippen LogP contribution is 2.30. The molecule has 5 heteroatoms. The number of likely N-dealkylation sites (tertiary alicyclic amines) is 1. The van der Waals surface area contributed by atoms with E-state index in [1.165, 1.54) is 32.4 Å². The molecule has 5 nitrogen and oxygen atoms in total. The van der Waals surface area contributed by atoms with Gasteiger partial charge in [-0.2, -0.15) is 0 Å². The van der Waals surface area contributed by atoms with Crippen molar-refractivity contribution < 1.29 is 0 Å². The fourth-order valence-corrected chi connectivity index (χ4v) is 2.93. The lowest BCUT2D eigenvalue weighted by Crippen LogP contribution is -2.27. The fraction of sp³-hybridized carbons (Fsp3) is 0.467. The molecule has 2 aromatic heterocycles. The van der Waals surface area contributed by atoms with Crippen LogP contribution in [0.2, 0.25) is 0 Å². The Balaban J connectivity index is 1.39. The maximum atomic E-state index is 4.48. The monoisotopic (exact) mass is 269 g/mol. The molecule has 2 fully saturated rings. The highest BCUT2D eigenvalue weighted by molar-refractivity contribution is 5.44. The van der Waals surface area contributed by atoms with Crippen LogP contribution in [-0.2, 0) is 0 Å². The molecule has 1 aliphatic heterocycles. The van der Waals surface area contributed by atoms with Crippen LogP contribution in [0, 0.1) is 0 Å². The zero-order valence-electron chi connectivity index (χ0n) is 11.4. The normalized spacial score (nSPS) is 23.1. The summed E-state index contributed by atoms with van der Waals surface area (Å²) in [5.74, 6) is 0.902. The van der Waals surface area contributed by atoms with Crippen LogP contribution in [0.15, 0.2) is 37.1 Å². The van der Waals surface area contributed by atoms with Crippen molar-refractivity contribution in [1.29, 1.82) is 0 Å². The quantitative estimate of drug-likeness (QED) is 0.921. The van der Waals surface area contributed by atoms with Gasteiger partial charge in [0.25, 0.3) is 0 Å². The number of nitrogens with one attached hydrogen (secondary N) is 1. The van der Waals surface area contributed by atoms with Crippen LogP contribution in [0.3, 0.4) is 0 Å². The van der Waals surface area contributed by atoms with E-state index in [0.717, 1.165) is 17.5 Å². The summed E-state index contributed by atoms with van der Waals surface area (Å²) < 4.78 is 1.91. The summed E-state index contributed by atoms with van der Waals surface area (Å²) >= 11 is 0. The van der Waals surface area contributed by atoms with Gasteiger partial charge in [0, 0.05) is 37.6 Å². The van der Waals surface area contributed by atoms with Gasteiger partial charge in [-0.25, -0.2) is 9.97 Å². The van der Waals surface area contributed by atoms with Gasteiger partial charge in [0.05, 0.1) is 11.9 Å². The maximum Gasteiger partial charge on any atom is 0.137 e. The molecule has 104 valence electrons. The standard InChI is InChI=1S/C15H19N5/c1-4-15(20-8-6-16-11-20)17-9-12(1)18-13-5-7-19(10-13)14-2-3-14/h1,4,6,8-9,11,13-14,18H,2-3,5,7,10H2. The van der Waals surface area contributed by atoms with E-state index in [9.17, 15) is 0 Å². The Morgan fingerprint density at radius 1 is 1.20 bits per heavy atom. The van der Waals surface area contributed by atoms with Gasteiger partial charge in [-0.3, -0.25) is 9.47 Å². The first-order chi connectivity index (χ1) is 9.88. The molecule has 1 atom stereocenters. The van der Waals surface area contributed by atoms with Crippen molar-refractivity contribution in [3.8, 4) is 5.82 Å². The zero-order valence-corrected chi connectivity index (χ0v) is 11.4. The molecule has 0 bridgehead atoms. The zero-order chi connectivity index (χ0) is 13.4. The van der Waals surface area contributed by atoms with Gasteiger partial charge in [-0.05, 0) is 31.4 Å². The molecular weight excluding hydrogens is 250 g/mol. The van der Waals surface area contributed by atoms with Gasteiger partial charge in [0.2, 0.25) is 0 Å². The van der Waals surface area contributed by atoms with Gasteiger partial charge < -0.3 is 5.32 Å². The van der Waals surface area contributed by atoms with E-state index in [1.54, 1.807) is 12.5 Å². The second-order valence-electron chi connectivity index (χ2n) is 5.73. The summed E-state index contributed by atoms with van der Waals surface area (Å²) in [4.78, 5) is 11.1. The molecule has 1 aliphatic carbocycles. The molecule has 0 radical (unpaired) electrons. The Hall–Kier alpha value is -1.88. The second-order valence-corrected chi connectivity index (χ2v) is 5.73. The maximum absolute atomic E-state index is 4.48. The molecule has 4 rings (SSSR count). The van der Waals surface area contributed by atoms with Crippen LogP contribution < -0.4 is 5.32 Å². The Kier molecular flexibility index (Phi) is 2.92. The van der Waals surface area contributed by atoms with Gasteiger partial charge >= 0.3 is 0 Å². The summed E-state index contributed by atoms with van der Waals surface area (Å²) in [6.45, 7) is 2.41. The van der Waals surface area contributed by atoms with E-state index in [0.29, 0.717) is 6.04 Å². The highest BCUT2D eigenvalue weighted by Gasteiger charge is 2.34. The number of nitrogens with zero attached hydrogens (tertiary/aromatic N) is 4. The Morgan fingerprint density at radius 3 is 2.85 bits per heavy atom. The lowest BCUT2D eigenvalue weighted by Gasteiger charge is -2.16. The molecule has 0 spiro atoms. The van der Waals surface area contributed by atoms with Crippen LogP contribution >= 0.6 is 0 Å². The molecule has 1 saturated carbocycles. The number of hydrogen-bond donors (Lipinski definition) is 1. The minimum absolute atomic E-state index is 0.566. The lowest BCUT2D eigenvalue weighted by molar-refractivity contribution is 0.326. The number of imidazole rings is 1. The summed E-state index contributed by atoms with van der Waals surface area (Å²) in [5, 5.41) is 3.60. The smallest absolute Gasteiger partial charge is 0.137 e.